The molecule has 0 radical (unpaired) electrons. The molecule has 2 heterocycles. The summed E-state index contributed by atoms with van der Waals surface area (Å²) < 4.78 is 32.5. The van der Waals surface area contributed by atoms with Crippen molar-refractivity contribution >= 4 is 23.7 Å². The normalized spacial score (nSPS) is 17.8. The molecule has 2 atom stereocenters. The van der Waals surface area contributed by atoms with Crippen LogP contribution in [0.3, 0.4) is 0 Å². The lowest BCUT2D eigenvalue weighted by Gasteiger charge is -2.07. The van der Waals surface area contributed by atoms with Gasteiger partial charge in [0.2, 0.25) is 12.7 Å². The summed E-state index contributed by atoms with van der Waals surface area (Å²) in [6.07, 6.45) is 7.12. The highest BCUT2D eigenvalue weighted by atomic mass is 16.7. The van der Waals surface area contributed by atoms with Crippen molar-refractivity contribution in [3.05, 3.63) is 96.3 Å². The Morgan fingerprint density at radius 3 is 1.79 bits per heavy atom. The largest absolute Gasteiger partial charge is 0.491 e. The molecule has 2 unspecified atom stereocenters. The maximum atomic E-state index is 12.3. The molecule has 2 fully saturated rings. The van der Waals surface area contributed by atoms with Crippen LogP contribution in [0.2, 0.25) is 0 Å². The highest BCUT2D eigenvalue weighted by Gasteiger charge is 2.23. The first kappa shape index (κ1) is 25.4. The van der Waals surface area contributed by atoms with E-state index in [-0.39, 0.29) is 24.9 Å². The second-order valence-electron chi connectivity index (χ2n) is 8.75. The van der Waals surface area contributed by atoms with Crippen molar-refractivity contribution in [1.82, 2.24) is 0 Å². The highest BCUT2D eigenvalue weighted by molar-refractivity contribution is 6.01. The molecule has 196 valence electrons. The Kier molecular flexibility index (Phi) is 8.55. The lowest BCUT2D eigenvalue weighted by molar-refractivity contribution is -0.111. The Labute approximate surface area is 221 Å². The summed E-state index contributed by atoms with van der Waals surface area (Å²) in [5.74, 6) is 1.99. The van der Waals surface area contributed by atoms with E-state index < -0.39 is 0 Å². The number of hydrogen-bond acceptors (Lipinski definition) is 7. The van der Waals surface area contributed by atoms with Gasteiger partial charge >= 0.3 is 0 Å². The van der Waals surface area contributed by atoms with E-state index in [0.29, 0.717) is 24.7 Å². The summed E-state index contributed by atoms with van der Waals surface area (Å²) in [5, 5.41) is 2.83. The molecule has 0 aliphatic carbocycles. The van der Waals surface area contributed by atoms with Crippen molar-refractivity contribution < 1.29 is 33.2 Å². The fourth-order valence-electron chi connectivity index (χ4n) is 3.32. The lowest BCUT2D eigenvalue weighted by atomic mass is 10.2. The third-order valence-corrected chi connectivity index (χ3v) is 5.64. The van der Waals surface area contributed by atoms with Crippen molar-refractivity contribution in [1.29, 1.82) is 0 Å². The Morgan fingerprint density at radius 1 is 0.737 bits per heavy atom. The first-order valence-corrected chi connectivity index (χ1v) is 12.4. The topological polar surface area (TPSA) is 91.1 Å². The first-order valence-electron chi connectivity index (χ1n) is 12.4. The van der Waals surface area contributed by atoms with Gasteiger partial charge in [0.25, 0.3) is 0 Å². The Morgan fingerprint density at radius 2 is 1.24 bits per heavy atom. The molecule has 1 amide bonds. The second-order valence-corrected chi connectivity index (χ2v) is 8.75. The quantitative estimate of drug-likeness (QED) is 0.107. The number of hydrogen-bond donors (Lipinski definition) is 1. The van der Waals surface area contributed by atoms with Gasteiger partial charge in [-0.15, -0.1) is 0 Å². The van der Waals surface area contributed by atoms with E-state index in [9.17, 15) is 4.79 Å². The predicted octanol–water partition coefficient (Wildman–Crippen LogP) is 4.92. The van der Waals surface area contributed by atoms with Gasteiger partial charge in [0.15, 0.2) is 0 Å². The summed E-state index contributed by atoms with van der Waals surface area (Å²) in [6, 6.07) is 22.3. The summed E-state index contributed by atoms with van der Waals surface area (Å²) in [4.78, 5) is 12.3. The number of amides is 1. The van der Waals surface area contributed by atoms with Crippen LogP contribution in [0.25, 0.3) is 12.2 Å². The lowest BCUT2D eigenvalue weighted by Crippen LogP contribution is -2.07. The average Bonchev–Trinajstić information content (AvgIpc) is 3.87. The van der Waals surface area contributed by atoms with Crippen LogP contribution in [-0.4, -0.2) is 51.3 Å². The van der Waals surface area contributed by atoms with Crippen LogP contribution in [0, 0.1) is 0 Å². The van der Waals surface area contributed by atoms with Crippen LogP contribution in [0.5, 0.6) is 17.2 Å². The van der Waals surface area contributed by atoms with Gasteiger partial charge in [-0.2, -0.15) is 0 Å². The molecular formula is C30H29NO7. The molecule has 2 aliphatic rings. The number of epoxide rings is 2. The van der Waals surface area contributed by atoms with Gasteiger partial charge in [-0.1, -0.05) is 24.3 Å². The average molecular weight is 516 g/mol. The molecule has 0 aromatic heterocycles. The summed E-state index contributed by atoms with van der Waals surface area (Å²) in [7, 11) is 0. The number of benzene rings is 3. The van der Waals surface area contributed by atoms with Crippen molar-refractivity contribution in [2.75, 3.05) is 38.5 Å². The first-order chi connectivity index (χ1) is 18.7. The number of anilines is 1. The van der Waals surface area contributed by atoms with Gasteiger partial charge < -0.3 is 33.7 Å². The van der Waals surface area contributed by atoms with Crippen molar-refractivity contribution in [3.8, 4) is 17.2 Å². The number of nitrogens with one attached hydrogen (secondary N) is 1. The van der Waals surface area contributed by atoms with Gasteiger partial charge in [-0.05, 0) is 71.8 Å². The monoisotopic (exact) mass is 515 g/mol. The number of carbonyl (C=O) groups excluding carboxylic acids is 1. The van der Waals surface area contributed by atoms with Crippen molar-refractivity contribution in [2.45, 2.75) is 12.2 Å². The molecule has 8 nitrogen and oxygen atoms in total. The third kappa shape index (κ3) is 8.69. The van der Waals surface area contributed by atoms with Crippen molar-refractivity contribution in [3.63, 3.8) is 0 Å². The molecule has 8 heteroatoms. The zero-order valence-corrected chi connectivity index (χ0v) is 20.8. The van der Waals surface area contributed by atoms with Crippen LogP contribution in [-0.2, 0) is 19.0 Å². The smallest absolute Gasteiger partial charge is 0.248 e. The molecular weight excluding hydrogens is 486 g/mol. The molecule has 2 aliphatic heterocycles. The summed E-state index contributed by atoms with van der Waals surface area (Å²) >= 11 is 0. The maximum Gasteiger partial charge on any atom is 0.248 e. The van der Waals surface area contributed by atoms with E-state index >= 15 is 0 Å². The molecule has 0 spiro atoms. The SMILES string of the molecule is O=C(/C=C/c1ccc(OCC2CO2)cc1)Nc1ccc(OCO/C=C/c2ccc(OCC3CO3)cc2)cc1. The Bertz CT molecular complexity index is 1230. The minimum atomic E-state index is -0.227. The minimum absolute atomic E-state index is 0.0612. The van der Waals surface area contributed by atoms with Gasteiger partial charge in [0.05, 0.1) is 19.5 Å². The van der Waals surface area contributed by atoms with E-state index in [4.69, 9.17) is 28.4 Å². The molecule has 2 saturated heterocycles. The van der Waals surface area contributed by atoms with Crippen LogP contribution in [0.1, 0.15) is 11.1 Å². The standard InChI is InChI=1S/C30H29NO7/c32-30(14-5-22-1-8-25(9-2-22)34-17-28-19-36-28)31-24-6-12-27(13-7-24)38-21-33-16-15-23-3-10-26(11-4-23)35-18-29-20-37-29/h1-16,28-29H,17-21H2,(H,31,32)/b14-5+,16-15+. The van der Waals surface area contributed by atoms with E-state index in [1.54, 1.807) is 36.6 Å². The molecule has 0 bridgehead atoms. The van der Waals surface area contributed by atoms with Crippen LogP contribution >= 0.6 is 0 Å². The number of ether oxygens (including phenoxy) is 6. The zero-order chi connectivity index (χ0) is 26.0. The van der Waals surface area contributed by atoms with Gasteiger partial charge in [0.1, 0.15) is 42.7 Å². The second kappa shape index (κ2) is 12.8. The van der Waals surface area contributed by atoms with E-state index in [2.05, 4.69) is 5.32 Å². The highest BCUT2D eigenvalue weighted by Crippen LogP contribution is 2.19. The van der Waals surface area contributed by atoms with Gasteiger partial charge in [-0.3, -0.25) is 4.79 Å². The minimum Gasteiger partial charge on any atom is -0.491 e. The van der Waals surface area contributed by atoms with Gasteiger partial charge in [-0.25, -0.2) is 0 Å². The number of rotatable bonds is 14. The summed E-state index contributed by atoms with van der Waals surface area (Å²) in [5.41, 5.74) is 2.55. The molecule has 3 aromatic rings. The fraction of sp³-hybridized carbons (Fsp3) is 0.233. The molecule has 0 saturated carbocycles. The summed E-state index contributed by atoms with van der Waals surface area (Å²) in [6.45, 7) is 2.76. The Balaban J connectivity index is 0.984. The molecule has 5 rings (SSSR count). The maximum absolute atomic E-state index is 12.3. The third-order valence-electron chi connectivity index (χ3n) is 5.64. The number of carbonyl (C=O) groups is 1. The fourth-order valence-corrected chi connectivity index (χ4v) is 3.32. The van der Waals surface area contributed by atoms with Crippen LogP contribution in [0.15, 0.2) is 85.1 Å². The molecule has 38 heavy (non-hydrogen) atoms. The van der Waals surface area contributed by atoms with E-state index in [1.165, 1.54) is 6.08 Å². The Hall–Kier alpha value is -4.27. The predicted molar refractivity (Wildman–Crippen MR) is 143 cm³/mol. The van der Waals surface area contributed by atoms with Crippen molar-refractivity contribution in [2.24, 2.45) is 0 Å². The zero-order valence-electron chi connectivity index (χ0n) is 20.8. The molecule has 3 aromatic carbocycles. The van der Waals surface area contributed by atoms with Crippen LogP contribution < -0.4 is 19.5 Å². The van der Waals surface area contributed by atoms with E-state index in [0.717, 1.165) is 35.8 Å². The van der Waals surface area contributed by atoms with Crippen LogP contribution in [0.4, 0.5) is 5.69 Å². The van der Waals surface area contributed by atoms with Gasteiger partial charge in [0, 0.05) is 11.8 Å². The molecule has 1 N–H and O–H groups in total. The van der Waals surface area contributed by atoms with E-state index in [1.807, 2.05) is 54.6 Å².